The molecule has 20 heavy (non-hydrogen) atoms. The summed E-state index contributed by atoms with van der Waals surface area (Å²) in [5.74, 6) is 0.00933. The molecule has 104 valence electrons. The maximum absolute atomic E-state index is 12.5. The summed E-state index contributed by atoms with van der Waals surface area (Å²) in [6, 6.07) is 7.28. The van der Waals surface area contributed by atoms with Gasteiger partial charge in [0.15, 0.2) is 0 Å². The van der Waals surface area contributed by atoms with Gasteiger partial charge in [0.1, 0.15) is 6.33 Å². The number of hydrogen-bond acceptors (Lipinski definition) is 5. The summed E-state index contributed by atoms with van der Waals surface area (Å²) in [6.45, 7) is 3.79. The summed E-state index contributed by atoms with van der Waals surface area (Å²) >= 11 is 0. The van der Waals surface area contributed by atoms with Crippen molar-refractivity contribution in [2.24, 2.45) is 0 Å². The number of nitrogens with zero attached hydrogens (tertiary/aromatic N) is 5. The van der Waals surface area contributed by atoms with Gasteiger partial charge in [0, 0.05) is 18.7 Å². The van der Waals surface area contributed by atoms with Crippen LogP contribution in [0.4, 0.5) is 0 Å². The molecule has 0 aliphatic carbocycles. The topological polar surface area (TPSA) is 73.1 Å². The highest BCUT2D eigenvalue weighted by atomic mass is 16.5. The van der Waals surface area contributed by atoms with E-state index in [4.69, 9.17) is 4.74 Å². The molecule has 0 spiro atoms. The zero-order valence-corrected chi connectivity index (χ0v) is 11.1. The molecule has 1 amide bonds. The molecule has 3 rings (SSSR count). The van der Waals surface area contributed by atoms with E-state index in [-0.39, 0.29) is 12.0 Å². The third kappa shape index (κ3) is 2.53. The van der Waals surface area contributed by atoms with Crippen LogP contribution >= 0.6 is 0 Å². The van der Waals surface area contributed by atoms with E-state index in [2.05, 4.69) is 15.5 Å². The summed E-state index contributed by atoms with van der Waals surface area (Å²) in [5, 5.41) is 11.0. The average Bonchev–Trinajstić information content (AvgIpc) is 3.01. The molecule has 1 aromatic heterocycles. The van der Waals surface area contributed by atoms with Gasteiger partial charge in [0.05, 0.1) is 18.4 Å². The molecule has 0 saturated carbocycles. The quantitative estimate of drug-likeness (QED) is 0.797. The lowest BCUT2D eigenvalue weighted by Gasteiger charge is -2.31. The smallest absolute Gasteiger partial charge is 0.254 e. The van der Waals surface area contributed by atoms with E-state index in [1.54, 1.807) is 12.1 Å². The summed E-state index contributed by atoms with van der Waals surface area (Å²) in [4.78, 5) is 14.3. The van der Waals surface area contributed by atoms with E-state index in [9.17, 15) is 4.79 Å². The van der Waals surface area contributed by atoms with Gasteiger partial charge < -0.3 is 9.64 Å². The van der Waals surface area contributed by atoms with Crippen molar-refractivity contribution in [2.75, 3.05) is 19.7 Å². The second kappa shape index (κ2) is 5.38. The molecule has 1 fully saturated rings. The van der Waals surface area contributed by atoms with Gasteiger partial charge in [-0.15, -0.1) is 5.10 Å². The number of rotatable bonds is 2. The van der Waals surface area contributed by atoms with E-state index in [0.29, 0.717) is 25.3 Å². The van der Waals surface area contributed by atoms with Gasteiger partial charge in [-0.3, -0.25) is 4.79 Å². The van der Waals surface area contributed by atoms with Crippen LogP contribution in [0, 0.1) is 0 Å². The van der Waals surface area contributed by atoms with Gasteiger partial charge in [-0.1, -0.05) is 6.07 Å². The molecule has 1 atom stereocenters. The first kappa shape index (κ1) is 12.7. The zero-order valence-electron chi connectivity index (χ0n) is 11.1. The van der Waals surface area contributed by atoms with Gasteiger partial charge in [0.25, 0.3) is 5.91 Å². The van der Waals surface area contributed by atoms with E-state index >= 15 is 0 Å². The molecule has 1 saturated heterocycles. The summed E-state index contributed by atoms with van der Waals surface area (Å²) in [7, 11) is 0. The van der Waals surface area contributed by atoms with Crippen molar-refractivity contribution in [3.63, 3.8) is 0 Å². The van der Waals surface area contributed by atoms with Gasteiger partial charge >= 0.3 is 0 Å². The van der Waals surface area contributed by atoms with Crippen molar-refractivity contribution >= 4 is 5.91 Å². The Morgan fingerprint density at radius 1 is 1.45 bits per heavy atom. The maximum atomic E-state index is 12.5. The second-order valence-corrected chi connectivity index (χ2v) is 4.74. The van der Waals surface area contributed by atoms with E-state index in [1.807, 2.05) is 24.0 Å². The number of carbonyl (C=O) groups excluding carboxylic acids is 1. The molecule has 0 N–H and O–H groups in total. The van der Waals surface area contributed by atoms with Crippen LogP contribution in [-0.2, 0) is 4.74 Å². The Morgan fingerprint density at radius 2 is 2.35 bits per heavy atom. The Bertz CT molecular complexity index is 599. The van der Waals surface area contributed by atoms with Crippen molar-refractivity contribution in [3.8, 4) is 5.69 Å². The Morgan fingerprint density at radius 3 is 3.10 bits per heavy atom. The van der Waals surface area contributed by atoms with Crippen molar-refractivity contribution < 1.29 is 9.53 Å². The second-order valence-electron chi connectivity index (χ2n) is 4.74. The van der Waals surface area contributed by atoms with Crippen LogP contribution in [0.1, 0.15) is 17.3 Å². The standard InChI is InChI=1S/C13H15N5O2/c1-10-8-17(5-6-20-10)13(19)11-3-2-4-12(7-11)18-9-14-15-16-18/h2-4,7,9-10H,5-6,8H2,1H3. The Labute approximate surface area is 116 Å². The number of morpholine rings is 1. The molecule has 2 aromatic rings. The molecule has 0 radical (unpaired) electrons. The molecule has 2 heterocycles. The first-order chi connectivity index (χ1) is 9.74. The number of benzene rings is 1. The maximum Gasteiger partial charge on any atom is 0.254 e. The molecule has 1 aromatic carbocycles. The minimum absolute atomic E-state index is 0.00933. The Balaban J connectivity index is 1.83. The molecule has 0 bridgehead atoms. The number of tetrazole rings is 1. The van der Waals surface area contributed by atoms with E-state index in [0.717, 1.165) is 5.69 Å². The summed E-state index contributed by atoms with van der Waals surface area (Å²) < 4.78 is 6.98. The molecular formula is C13H15N5O2. The first-order valence-electron chi connectivity index (χ1n) is 6.48. The molecule has 7 nitrogen and oxygen atoms in total. The lowest BCUT2D eigenvalue weighted by molar-refractivity contribution is -0.0124. The molecule has 1 aliphatic rings. The van der Waals surface area contributed by atoms with Crippen LogP contribution in [0.3, 0.4) is 0 Å². The lowest BCUT2D eigenvalue weighted by atomic mass is 10.1. The fraction of sp³-hybridized carbons (Fsp3) is 0.385. The van der Waals surface area contributed by atoms with Crippen LogP contribution < -0.4 is 0 Å². The lowest BCUT2D eigenvalue weighted by Crippen LogP contribution is -2.44. The van der Waals surface area contributed by atoms with Crippen LogP contribution in [0.5, 0.6) is 0 Å². The Kier molecular flexibility index (Phi) is 3.42. The predicted octanol–water partition coefficient (Wildman–Crippen LogP) is 0.523. The molecular weight excluding hydrogens is 258 g/mol. The first-order valence-corrected chi connectivity index (χ1v) is 6.48. The summed E-state index contributed by atoms with van der Waals surface area (Å²) in [6.07, 6.45) is 1.58. The highest BCUT2D eigenvalue weighted by molar-refractivity contribution is 5.94. The minimum Gasteiger partial charge on any atom is -0.375 e. The SMILES string of the molecule is CC1CN(C(=O)c2cccc(-n3cnnn3)c2)CCO1. The monoisotopic (exact) mass is 273 g/mol. The number of aromatic nitrogens is 4. The minimum atomic E-state index is 0.00933. The van der Waals surface area contributed by atoms with Crippen molar-refractivity contribution in [1.82, 2.24) is 25.1 Å². The molecule has 1 aliphatic heterocycles. The predicted molar refractivity (Wildman–Crippen MR) is 70.5 cm³/mol. The Hall–Kier alpha value is -2.28. The van der Waals surface area contributed by atoms with E-state index in [1.165, 1.54) is 11.0 Å². The summed E-state index contributed by atoms with van der Waals surface area (Å²) in [5.41, 5.74) is 1.40. The van der Waals surface area contributed by atoms with Crippen LogP contribution in [0.15, 0.2) is 30.6 Å². The van der Waals surface area contributed by atoms with Crippen LogP contribution in [-0.4, -0.2) is 56.8 Å². The third-order valence-corrected chi connectivity index (χ3v) is 3.23. The number of ether oxygens (including phenoxy) is 1. The zero-order chi connectivity index (χ0) is 13.9. The molecule has 1 unspecified atom stereocenters. The third-order valence-electron chi connectivity index (χ3n) is 3.23. The molecule has 7 heteroatoms. The highest BCUT2D eigenvalue weighted by Crippen LogP contribution is 2.13. The van der Waals surface area contributed by atoms with Crippen molar-refractivity contribution in [3.05, 3.63) is 36.2 Å². The van der Waals surface area contributed by atoms with E-state index < -0.39 is 0 Å². The average molecular weight is 273 g/mol. The number of hydrogen-bond donors (Lipinski definition) is 0. The van der Waals surface area contributed by atoms with Crippen molar-refractivity contribution in [2.45, 2.75) is 13.0 Å². The van der Waals surface area contributed by atoms with Crippen LogP contribution in [0.2, 0.25) is 0 Å². The number of amides is 1. The highest BCUT2D eigenvalue weighted by Gasteiger charge is 2.22. The largest absolute Gasteiger partial charge is 0.375 e. The van der Waals surface area contributed by atoms with Crippen LogP contribution in [0.25, 0.3) is 5.69 Å². The number of carbonyl (C=O) groups is 1. The fourth-order valence-electron chi connectivity index (χ4n) is 2.25. The van der Waals surface area contributed by atoms with Gasteiger partial charge in [0.2, 0.25) is 0 Å². The van der Waals surface area contributed by atoms with Crippen molar-refractivity contribution in [1.29, 1.82) is 0 Å². The van der Waals surface area contributed by atoms with Gasteiger partial charge in [-0.25, -0.2) is 4.68 Å². The normalized spacial score (nSPS) is 19.1. The van der Waals surface area contributed by atoms with Gasteiger partial charge in [-0.2, -0.15) is 0 Å². The van der Waals surface area contributed by atoms with Gasteiger partial charge in [-0.05, 0) is 35.5 Å². The fourth-order valence-corrected chi connectivity index (χ4v) is 2.25.